The number of ketones is 1. The molecule has 0 aliphatic heterocycles. The highest BCUT2D eigenvalue weighted by Crippen LogP contribution is 2.48. The van der Waals surface area contributed by atoms with Crippen LogP contribution in [0.2, 0.25) is 0 Å². The van der Waals surface area contributed by atoms with Gasteiger partial charge in [-0.05, 0) is 34.1 Å². The maximum atomic E-state index is 15.2. The van der Waals surface area contributed by atoms with Gasteiger partial charge in [-0.15, -0.1) is 0 Å². The lowest BCUT2D eigenvalue weighted by Gasteiger charge is -2.35. The summed E-state index contributed by atoms with van der Waals surface area (Å²) in [5.74, 6) is -7.71. The van der Waals surface area contributed by atoms with Crippen LogP contribution in [0.15, 0.2) is 41.0 Å². The molecule has 0 fully saturated rings. The van der Waals surface area contributed by atoms with E-state index >= 15 is 8.78 Å². The van der Waals surface area contributed by atoms with Gasteiger partial charge >= 0.3 is 5.92 Å². The van der Waals surface area contributed by atoms with E-state index in [0.717, 1.165) is 12.3 Å². The molecule has 144 valence electrons. The van der Waals surface area contributed by atoms with Crippen LogP contribution < -0.4 is 5.32 Å². The summed E-state index contributed by atoms with van der Waals surface area (Å²) in [6.07, 6.45) is -0.0363. The maximum absolute atomic E-state index is 15.2. The molecular weight excluding hydrogens is 436 g/mol. The van der Waals surface area contributed by atoms with E-state index in [2.05, 4.69) is 20.9 Å². The number of nitrogens with one attached hydrogen (secondary N) is 1. The molecule has 1 aromatic heterocycles. The molecule has 2 aromatic rings. The Bertz CT molecular complexity index is 849. The van der Waals surface area contributed by atoms with Gasteiger partial charge in [0.2, 0.25) is 6.41 Å². The fraction of sp³-hybridized carbons (Fsp3) is 0.235. The number of hydrogen-bond donors (Lipinski definition) is 2. The second-order valence-corrected chi connectivity index (χ2v) is 6.55. The first-order valence-corrected chi connectivity index (χ1v) is 8.27. The number of nitrogens with zero attached hydrogens (tertiary/aromatic N) is 1. The summed E-state index contributed by atoms with van der Waals surface area (Å²) in [6.45, 7) is -0.654. The number of benzene rings is 1. The lowest BCUT2D eigenvalue weighted by atomic mass is 9.80. The van der Waals surface area contributed by atoms with Crippen molar-refractivity contribution in [1.29, 1.82) is 0 Å². The molecule has 0 saturated heterocycles. The van der Waals surface area contributed by atoms with Crippen molar-refractivity contribution in [2.45, 2.75) is 17.9 Å². The zero-order valence-corrected chi connectivity index (χ0v) is 15.1. The van der Waals surface area contributed by atoms with Crippen LogP contribution in [0.5, 0.6) is 0 Å². The summed E-state index contributed by atoms with van der Waals surface area (Å²) in [7, 11) is 0. The van der Waals surface area contributed by atoms with Crippen LogP contribution in [-0.4, -0.2) is 28.8 Å². The normalized spacial score (nSPS) is 13.7. The van der Waals surface area contributed by atoms with Gasteiger partial charge in [0.1, 0.15) is 17.3 Å². The van der Waals surface area contributed by atoms with Crippen LogP contribution in [-0.2, 0) is 21.1 Å². The van der Waals surface area contributed by atoms with Crippen molar-refractivity contribution in [2.75, 3.05) is 6.54 Å². The van der Waals surface area contributed by atoms with E-state index in [1.54, 1.807) is 0 Å². The van der Waals surface area contributed by atoms with Crippen LogP contribution in [0.4, 0.5) is 17.6 Å². The van der Waals surface area contributed by atoms with Gasteiger partial charge in [-0.1, -0.05) is 6.07 Å². The smallest absolute Gasteiger partial charge is 0.322 e. The SMILES string of the molecule is O=CNCC(=O)CC(O)(c1ccc(F)cc1F)C(F)(F)c1ccc(Br)cn1. The van der Waals surface area contributed by atoms with E-state index in [-0.39, 0.29) is 6.41 Å². The summed E-state index contributed by atoms with van der Waals surface area (Å²) in [6, 6.07) is 3.76. The number of alkyl halides is 2. The van der Waals surface area contributed by atoms with E-state index in [0.29, 0.717) is 22.7 Å². The molecule has 1 aromatic carbocycles. The topological polar surface area (TPSA) is 79.3 Å². The minimum atomic E-state index is -4.22. The molecular formula is C17H13BrF4N2O3. The highest BCUT2D eigenvalue weighted by atomic mass is 79.9. The first kappa shape index (κ1) is 21.0. The number of Topliss-reactive ketones (excluding diaryl/α,β-unsaturated/α-hetero) is 1. The van der Waals surface area contributed by atoms with E-state index < -0.39 is 53.2 Å². The summed E-state index contributed by atoms with van der Waals surface area (Å²) < 4.78 is 58.1. The summed E-state index contributed by atoms with van der Waals surface area (Å²) in [5, 5.41) is 12.8. The molecule has 1 atom stereocenters. The van der Waals surface area contributed by atoms with Gasteiger partial charge < -0.3 is 10.4 Å². The van der Waals surface area contributed by atoms with Crippen LogP contribution in [0.1, 0.15) is 17.7 Å². The first-order valence-electron chi connectivity index (χ1n) is 7.48. The second kappa shape index (κ2) is 8.13. The quantitative estimate of drug-likeness (QED) is 0.480. The predicted octanol–water partition coefficient (Wildman–Crippen LogP) is 2.81. The lowest BCUT2D eigenvalue weighted by molar-refractivity contribution is -0.203. The monoisotopic (exact) mass is 448 g/mol. The van der Waals surface area contributed by atoms with Gasteiger partial charge in [0.25, 0.3) is 0 Å². The Labute approximate surface area is 159 Å². The third-order valence-electron chi connectivity index (χ3n) is 3.78. The number of amides is 1. The third kappa shape index (κ3) is 4.33. The highest BCUT2D eigenvalue weighted by Gasteiger charge is 2.58. The Balaban J connectivity index is 2.58. The Kier molecular flexibility index (Phi) is 6.32. The number of aliphatic hydroxyl groups is 1. The Morgan fingerprint density at radius 2 is 1.96 bits per heavy atom. The molecule has 2 rings (SSSR count). The zero-order chi connectivity index (χ0) is 20.2. The summed E-state index contributed by atoms with van der Waals surface area (Å²) in [4.78, 5) is 25.8. The van der Waals surface area contributed by atoms with Gasteiger partial charge in [-0.25, -0.2) is 8.78 Å². The Morgan fingerprint density at radius 1 is 1.26 bits per heavy atom. The van der Waals surface area contributed by atoms with E-state index in [1.807, 2.05) is 5.32 Å². The number of pyridine rings is 1. The van der Waals surface area contributed by atoms with Crippen molar-refractivity contribution >= 4 is 28.1 Å². The van der Waals surface area contributed by atoms with E-state index in [1.165, 1.54) is 6.07 Å². The number of carbonyl (C=O) groups is 2. The van der Waals surface area contributed by atoms with Gasteiger partial charge in [-0.2, -0.15) is 8.78 Å². The van der Waals surface area contributed by atoms with Crippen molar-refractivity contribution in [3.63, 3.8) is 0 Å². The number of halogens is 5. The number of carbonyl (C=O) groups excluding carboxylic acids is 2. The molecule has 0 aliphatic rings. The summed E-state index contributed by atoms with van der Waals surface area (Å²) in [5.41, 5.74) is -5.26. The highest BCUT2D eigenvalue weighted by molar-refractivity contribution is 9.10. The fourth-order valence-corrected chi connectivity index (χ4v) is 2.71. The molecule has 5 nitrogen and oxygen atoms in total. The molecule has 1 amide bonds. The first-order chi connectivity index (χ1) is 12.6. The van der Waals surface area contributed by atoms with Crippen molar-refractivity contribution in [3.8, 4) is 0 Å². The van der Waals surface area contributed by atoms with Crippen molar-refractivity contribution in [2.24, 2.45) is 0 Å². The fourth-order valence-electron chi connectivity index (χ4n) is 2.48. The average Bonchev–Trinajstić information content (AvgIpc) is 2.60. The maximum Gasteiger partial charge on any atom is 0.322 e. The van der Waals surface area contributed by atoms with Crippen LogP contribution in [0, 0.1) is 11.6 Å². The standard InChI is InChI=1S/C17H13BrF4N2O3/c18-10-1-4-15(24-7-10)17(21,22)16(27,6-12(26)8-23-9-25)13-3-2-11(19)5-14(13)20/h1-5,7,9,27H,6,8H2,(H,23,25). The molecule has 1 heterocycles. The van der Waals surface area contributed by atoms with Crippen molar-refractivity contribution in [3.05, 3.63) is 63.9 Å². The number of rotatable bonds is 8. The van der Waals surface area contributed by atoms with E-state index in [4.69, 9.17) is 0 Å². The van der Waals surface area contributed by atoms with Gasteiger partial charge in [0, 0.05) is 28.7 Å². The molecule has 10 heteroatoms. The van der Waals surface area contributed by atoms with Gasteiger partial charge in [-0.3, -0.25) is 14.6 Å². The molecule has 0 aliphatic carbocycles. The summed E-state index contributed by atoms with van der Waals surface area (Å²) >= 11 is 3.03. The number of hydrogen-bond acceptors (Lipinski definition) is 4. The molecule has 0 radical (unpaired) electrons. The van der Waals surface area contributed by atoms with Gasteiger partial charge in [0.05, 0.1) is 6.54 Å². The van der Waals surface area contributed by atoms with Crippen LogP contribution in [0.3, 0.4) is 0 Å². The minimum Gasteiger partial charge on any atom is -0.378 e. The second-order valence-electron chi connectivity index (χ2n) is 5.63. The predicted molar refractivity (Wildman–Crippen MR) is 89.8 cm³/mol. The minimum absolute atomic E-state index is 0.170. The molecule has 1 unspecified atom stereocenters. The lowest BCUT2D eigenvalue weighted by Crippen LogP contribution is -2.47. The van der Waals surface area contributed by atoms with Crippen LogP contribution in [0.25, 0.3) is 0 Å². The van der Waals surface area contributed by atoms with Crippen molar-refractivity contribution < 1.29 is 32.3 Å². The van der Waals surface area contributed by atoms with Crippen molar-refractivity contribution in [1.82, 2.24) is 10.3 Å². The Hall–Kier alpha value is -2.33. The largest absolute Gasteiger partial charge is 0.378 e. The Morgan fingerprint density at radius 3 is 2.52 bits per heavy atom. The molecule has 2 N–H and O–H groups in total. The molecule has 27 heavy (non-hydrogen) atoms. The van der Waals surface area contributed by atoms with Crippen LogP contribution >= 0.6 is 15.9 Å². The third-order valence-corrected chi connectivity index (χ3v) is 4.25. The molecule has 0 spiro atoms. The van der Waals surface area contributed by atoms with E-state index in [9.17, 15) is 23.5 Å². The zero-order valence-electron chi connectivity index (χ0n) is 13.6. The number of aromatic nitrogens is 1. The average molecular weight is 449 g/mol. The molecule has 0 bridgehead atoms. The molecule has 0 saturated carbocycles. The van der Waals surface area contributed by atoms with Gasteiger partial charge in [0.15, 0.2) is 11.4 Å².